The van der Waals surface area contributed by atoms with Crippen LogP contribution < -0.4 is 0 Å². The molecule has 0 amide bonds. The van der Waals surface area contributed by atoms with Gasteiger partial charge in [-0.2, -0.15) is 13.2 Å². The molecule has 174 valence electrons. The molecule has 0 bridgehead atoms. The highest BCUT2D eigenvalue weighted by molar-refractivity contribution is 5.89. The number of ether oxygens (including phenoxy) is 1. The molecule has 6 nitrogen and oxygen atoms in total. The Hall–Kier alpha value is -3.17. The van der Waals surface area contributed by atoms with Crippen LogP contribution in [0.15, 0.2) is 66.7 Å². The molecule has 2 aromatic carbocycles. The minimum atomic E-state index is -4.33. The van der Waals surface area contributed by atoms with Crippen LogP contribution in [0.5, 0.6) is 0 Å². The lowest BCUT2D eigenvalue weighted by molar-refractivity contribution is -0.137. The number of benzene rings is 2. The third kappa shape index (κ3) is 10.2. The molecule has 0 aliphatic rings. The Morgan fingerprint density at radius 3 is 1.81 bits per heavy atom. The zero-order valence-corrected chi connectivity index (χ0v) is 17.9. The van der Waals surface area contributed by atoms with Crippen molar-refractivity contribution in [3.63, 3.8) is 0 Å². The van der Waals surface area contributed by atoms with Gasteiger partial charge in [-0.1, -0.05) is 42.5 Å². The summed E-state index contributed by atoms with van der Waals surface area (Å²) < 4.78 is 44.4. The second kappa shape index (κ2) is 12.6. The molecule has 9 heteroatoms. The number of carbonyl (C=O) groups is 2. The zero-order chi connectivity index (χ0) is 24.3. The van der Waals surface area contributed by atoms with Crippen molar-refractivity contribution in [3.05, 3.63) is 83.4 Å². The maximum absolute atomic E-state index is 12.8. The predicted molar refractivity (Wildman–Crippen MR) is 113 cm³/mol. The molecule has 2 unspecified atom stereocenters. The van der Waals surface area contributed by atoms with Crippen molar-refractivity contribution in [2.75, 3.05) is 20.6 Å². The van der Waals surface area contributed by atoms with E-state index in [-0.39, 0.29) is 6.10 Å². The smallest absolute Gasteiger partial charge is 0.416 e. The van der Waals surface area contributed by atoms with Crippen molar-refractivity contribution in [1.82, 2.24) is 4.90 Å². The Morgan fingerprint density at radius 1 is 0.938 bits per heavy atom. The first-order valence-corrected chi connectivity index (χ1v) is 9.56. The van der Waals surface area contributed by atoms with Crippen LogP contribution in [0, 0.1) is 0 Å². The molecule has 2 N–H and O–H groups in total. The van der Waals surface area contributed by atoms with Crippen LogP contribution in [0.25, 0.3) is 0 Å². The molecule has 0 heterocycles. The topological polar surface area (TPSA) is 87.1 Å². The lowest BCUT2D eigenvalue weighted by Gasteiger charge is -2.25. The summed E-state index contributed by atoms with van der Waals surface area (Å²) in [6.45, 7) is 2.68. The van der Waals surface area contributed by atoms with Gasteiger partial charge in [0.2, 0.25) is 0 Å². The summed E-state index contributed by atoms with van der Waals surface area (Å²) in [6.07, 6.45) is -3.68. The Balaban J connectivity index is 0.000000547. The van der Waals surface area contributed by atoms with E-state index in [0.717, 1.165) is 24.2 Å². The third-order valence-corrected chi connectivity index (χ3v) is 4.00. The first-order chi connectivity index (χ1) is 14.9. The van der Waals surface area contributed by atoms with Gasteiger partial charge in [-0.3, -0.25) is 0 Å². The fraction of sp³-hybridized carbons (Fsp3) is 0.304. The molecule has 0 aliphatic carbocycles. The molecule has 0 saturated heterocycles. The van der Waals surface area contributed by atoms with Crippen molar-refractivity contribution in [1.29, 1.82) is 0 Å². The molecular weight excluding hydrogens is 427 g/mol. The molecule has 2 aromatic rings. The van der Waals surface area contributed by atoms with Crippen LogP contribution in [0.3, 0.4) is 0 Å². The summed E-state index contributed by atoms with van der Waals surface area (Å²) in [5, 5.41) is 15.6. The molecule has 0 saturated carbocycles. The molecule has 0 radical (unpaired) electrons. The molecule has 0 spiro atoms. The number of carboxylic acid groups (broad SMARTS) is 2. The molecular formula is C23H26F3NO5. The van der Waals surface area contributed by atoms with E-state index in [1.807, 2.05) is 56.3 Å². The van der Waals surface area contributed by atoms with E-state index in [4.69, 9.17) is 14.9 Å². The van der Waals surface area contributed by atoms with E-state index in [1.165, 1.54) is 12.1 Å². The summed E-state index contributed by atoms with van der Waals surface area (Å²) in [5.41, 5.74) is 0.974. The maximum atomic E-state index is 12.8. The van der Waals surface area contributed by atoms with Crippen LogP contribution in [0.4, 0.5) is 13.2 Å². The van der Waals surface area contributed by atoms with Crippen LogP contribution >= 0.6 is 0 Å². The summed E-state index contributed by atoms with van der Waals surface area (Å²) in [5.74, 6) is -2.51. The van der Waals surface area contributed by atoms with Crippen LogP contribution in [-0.2, 0) is 20.5 Å². The number of hydrogen-bond acceptors (Lipinski definition) is 4. The SMILES string of the molecule is CC(CN(C)C)OC(c1ccccc1)c1ccc(C(F)(F)F)cc1.O=C(O)/C=C/C(=O)O. The molecule has 32 heavy (non-hydrogen) atoms. The van der Waals surface area contributed by atoms with Crippen LogP contribution in [0.2, 0.25) is 0 Å². The first kappa shape index (κ1) is 26.9. The van der Waals surface area contributed by atoms with Gasteiger partial charge in [0.15, 0.2) is 0 Å². The standard InChI is InChI=1S/C19H22F3NO.C4H4O4/c1-14(13-23(2)3)24-18(15-7-5-4-6-8-15)16-9-11-17(12-10-16)19(20,21)22;5-3(6)1-2-4(7)8/h4-12,14,18H,13H2,1-3H3;1-2H,(H,5,6)(H,7,8)/b;2-1+. The second-order valence-electron chi connectivity index (χ2n) is 7.13. The lowest BCUT2D eigenvalue weighted by Crippen LogP contribution is -2.27. The number of nitrogens with zero attached hydrogens (tertiary/aromatic N) is 1. The van der Waals surface area contributed by atoms with E-state index in [0.29, 0.717) is 17.7 Å². The van der Waals surface area contributed by atoms with Gasteiger partial charge < -0.3 is 19.8 Å². The predicted octanol–water partition coefficient (Wildman–Crippen LogP) is 4.47. The average Bonchev–Trinajstić information content (AvgIpc) is 2.70. The van der Waals surface area contributed by atoms with E-state index < -0.39 is 29.8 Å². The number of aliphatic carboxylic acids is 2. The summed E-state index contributed by atoms with van der Waals surface area (Å²) in [7, 11) is 3.91. The summed E-state index contributed by atoms with van der Waals surface area (Å²) >= 11 is 0. The van der Waals surface area contributed by atoms with Crippen molar-refractivity contribution in [2.24, 2.45) is 0 Å². The normalized spacial score (nSPS) is 13.3. The highest BCUT2D eigenvalue weighted by Gasteiger charge is 2.30. The van der Waals surface area contributed by atoms with Crippen molar-refractivity contribution in [2.45, 2.75) is 25.3 Å². The van der Waals surface area contributed by atoms with Gasteiger partial charge in [-0.15, -0.1) is 0 Å². The quantitative estimate of drug-likeness (QED) is 0.574. The van der Waals surface area contributed by atoms with E-state index in [2.05, 4.69) is 0 Å². The molecule has 0 aromatic heterocycles. The third-order valence-electron chi connectivity index (χ3n) is 4.00. The molecule has 2 atom stereocenters. The lowest BCUT2D eigenvalue weighted by atomic mass is 10.00. The number of carboxylic acids is 2. The first-order valence-electron chi connectivity index (χ1n) is 9.56. The Labute approximate surface area is 184 Å². The number of halogens is 3. The highest BCUT2D eigenvalue weighted by Crippen LogP contribution is 2.32. The summed E-state index contributed by atoms with van der Waals surface area (Å²) in [4.78, 5) is 21.1. The van der Waals surface area contributed by atoms with Gasteiger partial charge in [-0.05, 0) is 44.3 Å². The average molecular weight is 453 g/mol. The van der Waals surface area contributed by atoms with Crippen molar-refractivity contribution in [3.8, 4) is 0 Å². The number of hydrogen-bond donors (Lipinski definition) is 2. The summed E-state index contributed by atoms with van der Waals surface area (Å²) in [6, 6.07) is 14.7. The highest BCUT2D eigenvalue weighted by atomic mass is 19.4. The number of alkyl halides is 3. The van der Waals surface area contributed by atoms with Gasteiger partial charge in [0, 0.05) is 18.7 Å². The second-order valence-corrected chi connectivity index (χ2v) is 7.13. The van der Waals surface area contributed by atoms with Crippen molar-refractivity contribution < 1.29 is 37.7 Å². The fourth-order valence-corrected chi connectivity index (χ4v) is 2.76. The Kier molecular flexibility index (Phi) is 10.6. The Bertz CT molecular complexity index is 865. The molecule has 0 fully saturated rings. The molecule has 0 aliphatic heterocycles. The molecule has 2 rings (SSSR count). The van der Waals surface area contributed by atoms with Crippen molar-refractivity contribution >= 4 is 11.9 Å². The van der Waals surface area contributed by atoms with Gasteiger partial charge >= 0.3 is 18.1 Å². The van der Waals surface area contributed by atoms with E-state index in [9.17, 15) is 22.8 Å². The maximum Gasteiger partial charge on any atom is 0.416 e. The number of likely N-dealkylation sites (N-methyl/N-ethyl adjacent to an activating group) is 1. The van der Waals surface area contributed by atoms with Gasteiger partial charge in [0.25, 0.3) is 0 Å². The number of rotatable bonds is 8. The minimum Gasteiger partial charge on any atom is -0.478 e. The van der Waals surface area contributed by atoms with E-state index in [1.54, 1.807) is 0 Å². The van der Waals surface area contributed by atoms with E-state index >= 15 is 0 Å². The van der Waals surface area contributed by atoms with Gasteiger partial charge in [0.05, 0.1) is 11.7 Å². The van der Waals surface area contributed by atoms with Gasteiger partial charge in [0.1, 0.15) is 6.10 Å². The van der Waals surface area contributed by atoms with Gasteiger partial charge in [-0.25, -0.2) is 9.59 Å². The van der Waals surface area contributed by atoms with Crippen LogP contribution in [-0.4, -0.2) is 53.8 Å². The monoisotopic (exact) mass is 453 g/mol. The zero-order valence-electron chi connectivity index (χ0n) is 17.9. The Morgan fingerprint density at radius 2 is 1.41 bits per heavy atom. The van der Waals surface area contributed by atoms with Crippen LogP contribution in [0.1, 0.15) is 29.7 Å². The minimum absolute atomic E-state index is 0.0625. The fourth-order valence-electron chi connectivity index (χ4n) is 2.76. The largest absolute Gasteiger partial charge is 0.478 e.